The summed E-state index contributed by atoms with van der Waals surface area (Å²) in [4.78, 5) is 30.5. The van der Waals surface area contributed by atoms with Crippen LogP contribution in [0, 0.1) is 0 Å². The lowest BCUT2D eigenvalue weighted by molar-refractivity contribution is -0.120. The average molecular weight is 434 g/mol. The van der Waals surface area contributed by atoms with Gasteiger partial charge in [-0.1, -0.05) is 37.3 Å². The number of hydrogen-bond donors (Lipinski definition) is 2. The van der Waals surface area contributed by atoms with Crippen molar-refractivity contribution in [1.29, 1.82) is 0 Å². The van der Waals surface area contributed by atoms with Gasteiger partial charge in [0.05, 0.1) is 11.8 Å². The van der Waals surface area contributed by atoms with E-state index in [2.05, 4.69) is 22.5 Å². The second kappa shape index (κ2) is 10.3. The number of anilines is 2. The van der Waals surface area contributed by atoms with E-state index in [9.17, 15) is 9.59 Å². The molecule has 1 heterocycles. The average Bonchev–Trinajstić information content (AvgIpc) is 2.76. The number of pyridine rings is 1. The number of carbonyl (C=O) groups excluding carboxylic acids is 2. The fourth-order valence-electron chi connectivity index (χ4n) is 3.07. The molecule has 2 amide bonds. The number of aromatic nitrogens is 1. The molecule has 0 aliphatic rings. The Balaban J connectivity index is 1.59. The summed E-state index contributed by atoms with van der Waals surface area (Å²) in [6, 6.07) is 20.8. The van der Waals surface area contributed by atoms with E-state index in [4.69, 9.17) is 0 Å². The van der Waals surface area contributed by atoms with E-state index in [1.54, 1.807) is 30.1 Å². The smallest absolute Gasteiger partial charge is 0.235 e. The summed E-state index contributed by atoms with van der Waals surface area (Å²) < 4.78 is 0. The van der Waals surface area contributed by atoms with E-state index < -0.39 is 5.41 Å². The molecule has 3 aromatic rings. The van der Waals surface area contributed by atoms with E-state index in [0.717, 1.165) is 16.9 Å². The van der Waals surface area contributed by atoms with Crippen LogP contribution in [-0.4, -0.2) is 22.6 Å². The van der Waals surface area contributed by atoms with Crippen molar-refractivity contribution in [2.75, 3.05) is 16.4 Å². The molecule has 0 saturated heterocycles. The van der Waals surface area contributed by atoms with Crippen molar-refractivity contribution in [3.05, 3.63) is 84.1 Å². The Morgan fingerprint density at radius 3 is 2.26 bits per heavy atom. The van der Waals surface area contributed by atoms with Gasteiger partial charge in [0.2, 0.25) is 11.8 Å². The van der Waals surface area contributed by atoms with Gasteiger partial charge < -0.3 is 10.6 Å². The molecule has 3 rings (SSSR count). The van der Waals surface area contributed by atoms with Gasteiger partial charge in [0.25, 0.3) is 0 Å². The van der Waals surface area contributed by atoms with Crippen LogP contribution in [-0.2, 0) is 21.4 Å². The van der Waals surface area contributed by atoms with Crippen molar-refractivity contribution in [3.63, 3.8) is 0 Å². The van der Waals surface area contributed by atoms with Crippen molar-refractivity contribution in [2.45, 2.75) is 37.5 Å². The second-order valence-corrected chi connectivity index (χ2v) is 9.01. The number of rotatable bonds is 8. The Bertz CT molecular complexity index is 1020. The van der Waals surface area contributed by atoms with Gasteiger partial charge in [-0.2, -0.15) is 0 Å². The van der Waals surface area contributed by atoms with Crippen LogP contribution in [0.2, 0.25) is 0 Å². The number of carbonyl (C=O) groups is 2. The monoisotopic (exact) mass is 433 g/mol. The number of nitrogens with zero attached hydrogens (tertiary/aromatic N) is 1. The largest absolute Gasteiger partial charge is 0.326 e. The first kappa shape index (κ1) is 22.6. The molecule has 160 valence electrons. The van der Waals surface area contributed by atoms with Crippen molar-refractivity contribution < 1.29 is 9.59 Å². The molecule has 0 bridgehead atoms. The van der Waals surface area contributed by atoms with Gasteiger partial charge in [0, 0.05) is 16.8 Å². The molecule has 2 N–H and O–H groups in total. The Hall–Kier alpha value is -3.12. The van der Waals surface area contributed by atoms with Crippen LogP contribution in [0.1, 0.15) is 31.9 Å². The first-order valence-corrected chi connectivity index (χ1v) is 11.2. The molecule has 31 heavy (non-hydrogen) atoms. The zero-order valence-corrected chi connectivity index (χ0v) is 18.8. The van der Waals surface area contributed by atoms with Gasteiger partial charge in [-0.3, -0.25) is 9.59 Å². The minimum atomic E-state index is -0.752. The Morgan fingerprint density at radius 2 is 1.65 bits per heavy atom. The van der Waals surface area contributed by atoms with Gasteiger partial charge in [-0.05, 0) is 67.1 Å². The second-order valence-electron chi connectivity index (χ2n) is 7.67. The third-order valence-electron chi connectivity index (χ3n) is 4.96. The van der Waals surface area contributed by atoms with Gasteiger partial charge in [-0.15, -0.1) is 11.8 Å². The zero-order chi connectivity index (χ0) is 22.3. The van der Waals surface area contributed by atoms with Crippen LogP contribution in [0.4, 0.5) is 11.5 Å². The maximum Gasteiger partial charge on any atom is 0.235 e. The summed E-state index contributed by atoms with van der Waals surface area (Å²) in [5, 5.41) is 5.77. The third kappa shape index (κ3) is 6.18. The number of hydrogen-bond acceptors (Lipinski definition) is 4. The predicted molar refractivity (Wildman–Crippen MR) is 128 cm³/mol. The SMILES string of the molecule is CCSc1ccc(CC(=O)Nc2ccc(C(C)(C)C(=O)Nc3ccccn3)cc2)cc1. The van der Waals surface area contributed by atoms with Crippen LogP contribution in [0.15, 0.2) is 77.8 Å². The third-order valence-corrected chi connectivity index (χ3v) is 5.86. The molecule has 0 spiro atoms. The van der Waals surface area contributed by atoms with Gasteiger partial charge in [0.1, 0.15) is 5.82 Å². The molecule has 0 atom stereocenters. The van der Waals surface area contributed by atoms with E-state index in [1.165, 1.54) is 4.90 Å². The number of amides is 2. The molecule has 0 aliphatic carbocycles. The van der Waals surface area contributed by atoms with Crippen LogP contribution < -0.4 is 10.6 Å². The summed E-state index contributed by atoms with van der Waals surface area (Å²) in [5.41, 5.74) is 1.77. The highest BCUT2D eigenvalue weighted by Gasteiger charge is 2.30. The molecular weight excluding hydrogens is 406 g/mol. The molecule has 0 saturated carbocycles. The zero-order valence-electron chi connectivity index (χ0n) is 18.0. The highest BCUT2D eigenvalue weighted by Crippen LogP contribution is 2.26. The predicted octanol–water partition coefficient (Wildman–Crippen LogP) is 5.29. The minimum Gasteiger partial charge on any atom is -0.326 e. The highest BCUT2D eigenvalue weighted by atomic mass is 32.2. The summed E-state index contributed by atoms with van der Waals surface area (Å²) in [7, 11) is 0. The topological polar surface area (TPSA) is 71.1 Å². The van der Waals surface area contributed by atoms with Gasteiger partial charge in [-0.25, -0.2) is 4.98 Å². The molecule has 2 aromatic carbocycles. The molecule has 5 nitrogen and oxygen atoms in total. The lowest BCUT2D eigenvalue weighted by Crippen LogP contribution is -2.35. The van der Waals surface area contributed by atoms with Crippen LogP contribution in [0.5, 0.6) is 0 Å². The summed E-state index contributed by atoms with van der Waals surface area (Å²) in [6.45, 7) is 5.84. The first-order chi connectivity index (χ1) is 14.9. The van der Waals surface area contributed by atoms with Crippen molar-refractivity contribution in [3.8, 4) is 0 Å². The fraction of sp³-hybridized carbons (Fsp3) is 0.240. The normalized spacial score (nSPS) is 11.1. The van der Waals surface area contributed by atoms with E-state index in [-0.39, 0.29) is 11.8 Å². The summed E-state index contributed by atoms with van der Waals surface area (Å²) >= 11 is 1.78. The fourth-order valence-corrected chi connectivity index (χ4v) is 3.73. The van der Waals surface area contributed by atoms with E-state index in [0.29, 0.717) is 17.9 Å². The van der Waals surface area contributed by atoms with Crippen molar-refractivity contribution in [1.82, 2.24) is 4.98 Å². The number of nitrogens with one attached hydrogen (secondary N) is 2. The van der Waals surface area contributed by atoms with Crippen molar-refractivity contribution >= 4 is 35.1 Å². The first-order valence-electron chi connectivity index (χ1n) is 10.2. The van der Waals surface area contributed by atoms with Crippen molar-refractivity contribution in [2.24, 2.45) is 0 Å². The summed E-state index contributed by atoms with van der Waals surface area (Å²) in [5.74, 6) is 1.33. The van der Waals surface area contributed by atoms with E-state index >= 15 is 0 Å². The van der Waals surface area contributed by atoms with Gasteiger partial charge in [0.15, 0.2) is 0 Å². The molecule has 0 fully saturated rings. The van der Waals surface area contributed by atoms with Crippen LogP contribution in [0.3, 0.4) is 0 Å². The minimum absolute atomic E-state index is 0.0733. The van der Waals surface area contributed by atoms with Crippen LogP contribution >= 0.6 is 11.8 Å². The highest BCUT2D eigenvalue weighted by molar-refractivity contribution is 7.99. The number of thioether (sulfide) groups is 1. The quantitative estimate of drug-likeness (QED) is 0.474. The molecule has 0 aliphatic heterocycles. The lowest BCUT2D eigenvalue weighted by Gasteiger charge is -2.24. The molecule has 6 heteroatoms. The van der Waals surface area contributed by atoms with Crippen LogP contribution in [0.25, 0.3) is 0 Å². The Labute approximate surface area is 187 Å². The number of benzene rings is 2. The standard InChI is InChI=1S/C25H27N3O2S/c1-4-31-21-14-8-18(9-15-21)17-23(29)27-20-12-10-19(11-13-20)25(2,3)24(30)28-22-7-5-6-16-26-22/h5-16H,4,17H2,1-3H3,(H,27,29)(H,26,28,30). The summed E-state index contributed by atoms with van der Waals surface area (Å²) in [6.07, 6.45) is 1.95. The Kier molecular flexibility index (Phi) is 7.47. The lowest BCUT2D eigenvalue weighted by atomic mass is 9.83. The molecule has 0 radical (unpaired) electrons. The maximum atomic E-state index is 12.7. The maximum absolute atomic E-state index is 12.7. The Morgan fingerprint density at radius 1 is 0.935 bits per heavy atom. The van der Waals surface area contributed by atoms with E-state index in [1.807, 2.05) is 68.4 Å². The molecule has 1 aromatic heterocycles. The molecule has 0 unspecified atom stereocenters. The van der Waals surface area contributed by atoms with Gasteiger partial charge >= 0.3 is 0 Å². The molecular formula is C25H27N3O2S.